The second-order valence-corrected chi connectivity index (χ2v) is 6.39. The molecule has 1 aromatic heterocycles. The van der Waals surface area contributed by atoms with E-state index in [0.717, 1.165) is 13.0 Å². The van der Waals surface area contributed by atoms with Crippen LogP contribution < -0.4 is 5.73 Å². The second kappa shape index (κ2) is 6.41. The minimum Gasteiger partial charge on any atom is -0.397 e. The van der Waals surface area contributed by atoms with Gasteiger partial charge in [0.05, 0.1) is 11.1 Å². The summed E-state index contributed by atoms with van der Waals surface area (Å²) in [7, 11) is 5.74. The average Bonchev–Trinajstić information content (AvgIpc) is 2.76. The molecule has 0 fully saturated rings. The van der Waals surface area contributed by atoms with Crippen LogP contribution in [-0.2, 0) is 0 Å². The number of thiophene rings is 1. The van der Waals surface area contributed by atoms with E-state index in [2.05, 4.69) is 4.90 Å². The maximum atomic E-state index is 13.8. The number of anilines is 1. The van der Waals surface area contributed by atoms with Crippen molar-refractivity contribution >= 4 is 33.0 Å². The predicted octanol–water partition coefficient (Wildman–Crippen LogP) is 2.65. The lowest BCUT2D eigenvalue weighted by Crippen LogP contribution is -2.29. The number of halogens is 1. The van der Waals surface area contributed by atoms with Crippen LogP contribution in [0.1, 0.15) is 16.1 Å². The van der Waals surface area contributed by atoms with E-state index in [9.17, 15) is 9.18 Å². The summed E-state index contributed by atoms with van der Waals surface area (Å²) in [6.07, 6.45) is 0.883. The van der Waals surface area contributed by atoms with Crippen LogP contribution in [0, 0.1) is 5.82 Å². The Morgan fingerprint density at radius 2 is 2.00 bits per heavy atom. The van der Waals surface area contributed by atoms with Crippen molar-refractivity contribution in [1.29, 1.82) is 0 Å². The predicted molar refractivity (Wildman–Crippen MR) is 86.3 cm³/mol. The van der Waals surface area contributed by atoms with Crippen LogP contribution in [0.2, 0.25) is 0 Å². The normalized spacial score (nSPS) is 11.3. The summed E-state index contributed by atoms with van der Waals surface area (Å²) < 4.78 is 14.5. The van der Waals surface area contributed by atoms with Gasteiger partial charge in [-0.25, -0.2) is 4.39 Å². The first kappa shape index (κ1) is 15.7. The number of fused-ring (bicyclic) bond motifs is 1. The Hall–Kier alpha value is -1.66. The van der Waals surface area contributed by atoms with Gasteiger partial charge in [0, 0.05) is 18.3 Å². The molecular formula is C15H20FN3OS. The van der Waals surface area contributed by atoms with E-state index in [1.165, 1.54) is 17.4 Å². The number of hydrogen-bond donors (Lipinski definition) is 1. The third-order valence-corrected chi connectivity index (χ3v) is 4.50. The molecule has 0 unspecified atom stereocenters. The third kappa shape index (κ3) is 3.33. The molecule has 0 saturated heterocycles. The molecule has 6 heteroatoms. The van der Waals surface area contributed by atoms with Gasteiger partial charge in [-0.2, -0.15) is 0 Å². The van der Waals surface area contributed by atoms with Crippen LogP contribution in [-0.4, -0.2) is 49.9 Å². The van der Waals surface area contributed by atoms with Crippen molar-refractivity contribution in [2.75, 3.05) is 40.0 Å². The first-order valence-corrected chi connectivity index (χ1v) is 7.60. The van der Waals surface area contributed by atoms with Crippen molar-refractivity contribution in [1.82, 2.24) is 9.80 Å². The topological polar surface area (TPSA) is 49.6 Å². The highest BCUT2D eigenvalue weighted by atomic mass is 32.1. The average molecular weight is 309 g/mol. The summed E-state index contributed by atoms with van der Waals surface area (Å²) in [6.45, 7) is 1.56. The molecule has 2 N–H and O–H groups in total. The minimum atomic E-state index is -0.379. The smallest absolute Gasteiger partial charge is 0.265 e. The summed E-state index contributed by atoms with van der Waals surface area (Å²) in [4.78, 5) is 16.6. The highest BCUT2D eigenvalue weighted by Gasteiger charge is 2.21. The van der Waals surface area contributed by atoms with Crippen LogP contribution in [0.25, 0.3) is 10.1 Å². The van der Waals surface area contributed by atoms with E-state index < -0.39 is 0 Å². The maximum Gasteiger partial charge on any atom is 0.265 e. The number of rotatable bonds is 5. The van der Waals surface area contributed by atoms with Gasteiger partial charge in [-0.05, 0) is 39.2 Å². The van der Waals surface area contributed by atoms with E-state index >= 15 is 0 Å². The molecular weight excluding hydrogens is 289 g/mol. The molecule has 1 aromatic carbocycles. The molecule has 0 aliphatic rings. The van der Waals surface area contributed by atoms with Crippen molar-refractivity contribution in [3.05, 3.63) is 28.9 Å². The van der Waals surface area contributed by atoms with Gasteiger partial charge in [0.1, 0.15) is 10.7 Å². The van der Waals surface area contributed by atoms with Crippen molar-refractivity contribution < 1.29 is 9.18 Å². The van der Waals surface area contributed by atoms with Crippen molar-refractivity contribution in [3.63, 3.8) is 0 Å². The highest BCUT2D eigenvalue weighted by Crippen LogP contribution is 2.35. The van der Waals surface area contributed by atoms with Crippen LogP contribution in [0.4, 0.5) is 10.1 Å². The number of carbonyl (C=O) groups excluding carboxylic acids is 1. The monoisotopic (exact) mass is 309 g/mol. The number of nitrogen functional groups attached to an aromatic ring is 1. The lowest BCUT2D eigenvalue weighted by atomic mass is 10.2. The van der Waals surface area contributed by atoms with E-state index in [0.29, 0.717) is 21.5 Å². The fourth-order valence-corrected chi connectivity index (χ4v) is 3.32. The summed E-state index contributed by atoms with van der Waals surface area (Å²) in [5, 5.41) is 0.354. The zero-order chi connectivity index (χ0) is 15.6. The van der Waals surface area contributed by atoms with Crippen molar-refractivity contribution in [3.8, 4) is 0 Å². The van der Waals surface area contributed by atoms with Gasteiger partial charge < -0.3 is 15.5 Å². The SMILES string of the molecule is CN(C)CCCN(C)C(=O)c1sc2cccc(F)c2c1N. The molecule has 1 amide bonds. The number of nitrogens with zero attached hydrogens (tertiary/aromatic N) is 2. The lowest BCUT2D eigenvalue weighted by molar-refractivity contribution is 0.0796. The minimum absolute atomic E-state index is 0.146. The highest BCUT2D eigenvalue weighted by molar-refractivity contribution is 7.21. The molecule has 0 aliphatic carbocycles. The lowest BCUT2D eigenvalue weighted by Gasteiger charge is -2.18. The Kier molecular flexibility index (Phi) is 4.80. The Bertz CT molecular complexity index is 654. The van der Waals surface area contributed by atoms with Crippen LogP contribution in [0.15, 0.2) is 18.2 Å². The summed E-state index contributed by atoms with van der Waals surface area (Å²) in [5.74, 6) is -0.526. The molecule has 0 atom stereocenters. The van der Waals surface area contributed by atoms with Crippen molar-refractivity contribution in [2.24, 2.45) is 0 Å². The first-order chi connectivity index (χ1) is 9.91. The molecule has 0 radical (unpaired) electrons. The largest absolute Gasteiger partial charge is 0.397 e. The van der Waals surface area contributed by atoms with Crippen LogP contribution in [0.5, 0.6) is 0 Å². The molecule has 4 nitrogen and oxygen atoms in total. The van der Waals surface area contributed by atoms with Crippen LogP contribution >= 0.6 is 11.3 Å². The number of nitrogens with two attached hydrogens (primary N) is 1. The van der Waals surface area contributed by atoms with Gasteiger partial charge in [-0.15, -0.1) is 11.3 Å². The maximum absolute atomic E-state index is 13.8. The van der Waals surface area contributed by atoms with E-state index in [1.54, 1.807) is 24.1 Å². The number of benzene rings is 1. The second-order valence-electron chi connectivity index (χ2n) is 5.34. The van der Waals surface area contributed by atoms with Crippen LogP contribution in [0.3, 0.4) is 0 Å². The summed E-state index contributed by atoms with van der Waals surface area (Å²) in [5.41, 5.74) is 6.22. The van der Waals surface area contributed by atoms with Crippen molar-refractivity contribution in [2.45, 2.75) is 6.42 Å². The first-order valence-electron chi connectivity index (χ1n) is 6.78. The quantitative estimate of drug-likeness (QED) is 0.924. The fourth-order valence-electron chi connectivity index (χ4n) is 2.19. The van der Waals surface area contributed by atoms with E-state index in [-0.39, 0.29) is 17.4 Å². The summed E-state index contributed by atoms with van der Waals surface area (Å²) >= 11 is 1.25. The fraction of sp³-hybridized carbons (Fsp3) is 0.400. The van der Waals surface area contributed by atoms with Gasteiger partial charge in [-0.1, -0.05) is 6.07 Å². The zero-order valence-electron chi connectivity index (χ0n) is 12.5. The molecule has 0 spiro atoms. The number of amides is 1. The molecule has 0 saturated carbocycles. The molecule has 0 aliphatic heterocycles. The third-order valence-electron chi connectivity index (χ3n) is 3.34. The van der Waals surface area contributed by atoms with Gasteiger partial charge in [0.2, 0.25) is 0 Å². The molecule has 21 heavy (non-hydrogen) atoms. The molecule has 2 rings (SSSR count). The number of hydrogen-bond acceptors (Lipinski definition) is 4. The Morgan fingerprint density at radius 3 is 2.62 bits per heavy atom. The molecule has 0 bridgehead atoms. The van der Waals surface area contributed by atoms with E-state index in [4.69, 9.17) is 5.73 Å². The van der Waals surface area contributed by atoms with Gasteiger partial charge in [0.15, 0.2) is 0 Å². The molecule has 114 valence electrons. The van der Waals surface area contributed by atoms with Gasteiger partial charge in [0.25, 0.3) is 5.91 Å². The zero-order valence-corrected chi connectivity index (χ0v) is 13.3. The Morgan fingerprint density at radius 1 is 1.29 bits per heavy atom. The Labute approximate surface area is 127 Å². The van der Waals surface area contributed by atoms with Gasteiger partial charge in [-0.3, -0.25) is 4.79 Å². The van der Waals surface area contributed by atoms with E-state index in [1.807, 2.05) is 14.1 Å². The Balaban J connectivity index is 2.19. The molecule has 1 heterocycles. The number of carbonyl (C=O) groups is 1. The summed E-state index contributed by atoms with van der Waals surface area (Å²) in [6, 6.07) is 4.77. The van der Waals surface area contributed by atoms with Gasteiger partial charge >= 0.3 is 0 Å². The standard InChI is InChI=1S/C15H20FN3OS/c1-18(2)8-5-9-19(3)15(20)14-13(17)12-10(16)6-4-7-11(12)21-14/h4,6-7H,5,8-9,17H2,1-3H3. The molecule has 2 aromatic rings.